The Hall–Kier alpha value is -3.02. The van der Waals surface area contributed by atoms with Gasteiger partial charge in [-0.25, -0.2) is 9.98 Å². The quantitative estimate of drug-likeness (QED) is 0.342. The Morgan fingerprint density at radius 2 is 1.09 bits per heavy atom. The normalized spacial score (nSPS) is 28.0. The molecule has 6 nitrogen and oxygen atoms in total. The summed E-state index contributed by atoms with van der Waals surface area (Å²) < 4.78 is 26.9. The fourth-order valence-electron chi connectivity index (χ4n) is 7.43. The molecular weight excluding hydrogens is 536 g/mol. The molecule has 0 N–H and O–H groups in total. The van der Waals surface area contributed by atoms with Crippen molar-refractivity contribution in [2.45, 2.75) is 124 Å². The lowest BCUT2D eigenvalue weighted by Gasteiger charge is -2.52. The van der Waals surface area contributed by atoms with Crippen LogP contribution >= 0.6 is 0 Å². The van der Waals surface area contributed by atoms with Crippen LogP contribution in [0.1, 0.15) is 114 Å². The number of rotatable bonds is 6. The maximum absolute atomic E-state index is 7.17. The predicted molar refractivity (Wildman–Crippen MR) is 173 cm³/mol. The fraction of sp³-hybridized carbons (Fsp3) is 0.622. The van der Waals surface area contributed by atoms with Gasteiger partial charge in [0.2, 0.25) is 11.8 Å². The minimum atomic E-state index is -0.869. The lowest BCUT2D eigenvalue weighted by molar-refractivity contribution is -0.166. The lowest BCUT2D eigenvalue weighted by Crippen LogP contribution is -2.56. The molecule has 6 heteroatoms. The first-order valence-electron chi connectivity index (χ1n) is 16.4. The third-order valence-corrected chi connectivity index (χ3v) is 10.3. The zero-order valence-corrected chi connectivity index (χ0v) is 27.9. The van der Waals surface area contributed by atoms with Crippen molar-refractivity contribution in [2.75, 3.05) is 13.2 Å². The Morgan fingerprint density at radius 3 is 1.47 bits per heavy atom. The molecule has 4 aliphatic heterocycles. The monoisotopic (exact) mass is 586 g/mol. The average Bonchev–Trinajstić information content (AvgIpc) is 3.63. The summed E-state index contributed by atoms with van der Waals surface area (Å²) in [7, 11) is 0. The van der Waals surface area contributed by atoms with E-state index in [1.54, 1.807) is 0 Å². The Labute approximate surface area is 258 Å². The highest BCUT2D eigenvalue weighted by molar-refractivity contribution is 5.99. The van der Waals surface area contributed by atoms with E-state index in [1.807, 2.05) is 0 Å². The van der Waals surface area contributed by atoms with Gasteiger partial charge >= 0.3 is 0 Å². The molecule has 0 fully saturated rings. The Kier molecular flexibility index (Phi) is 7.37. The standard InChI is InChI=1S/C37H50N2O4/c1-11-23(5)29-17-40-33(38-29)25-13-21(3)15-27-31(25)42-37(19-35(27,7)8)20-36(9,10)28-16-22(4)14-26(32(28)43-37)34-39-30(18-41-34)24(6)12-2/h13-16,23-24,29-30H,11-12,17-20H2,1-10H3/t23?,24?,29-,30-,37?/m1/s1. The molecule has 2 aromatic rings. The minimum Gasteiger partial charge on any atom is -0.475 e. The van der Waals surface area contributed by atoms with E-state index in [-0.39, 0.29) is 22.9 Å². The molecule has 232 valence electrons. The SMILES string of the molecule is CCC(C)[C@H]1COC(c2cc(C)cc3c2OC2(CC3(C)C)CC(C)(C)c3cc(C)cc(C4=N[C@@H](C(C)CC)CO4)c3O2)=N1. The number of hydrogen-bond acceptors (Lipinski definition) is 6. The van der Waals surface area contributed by atoms with Gasteiger partial charge in [0.25, 0.3) is 5.79 Å². The Bertz CT molecular complexity index is 1370. The van der Waals surface area contributed by atoms with E-state index in [9.17, 15) is 0 Å². The molecule has 0 saturated heterocycles. The van der Waals surface area contributed by atoms with E-state index in [2.05, 4.69) is 93.5 Å². The van der Waals surface area contributed by atoms with Gasteiger partial charge in [-0.2, -0.15) is 0 Å². The number of fused-ring (bicyclic) bond motifs is 2. The second-order valence-electron chi connectivity index (χ2n) is 15.0. The maximum atomic E-state index is 7.17. The van der Waals surface area contributed by atoms with Crippen LogP contribution in [0.2, 0.25) is 0 Å². The molecule has 0 bridgehead atoms. The van der Waals surface area contributed by atoms with E-state index < -0.39 is 5.79 Å². The van der Waals surface area contributed by atoms with Crippen LogP contribution < -0.4 is 9.47 Å². The molecular formula is C37H50N2O4. The maximum Gasteiger partial charge on any atom is 0.253 e. The molecule has 0 saturated carbocycles. The largest absolute Gasteiger partial charge is 0.475 e. The molecule has 4 atom stereocenters. The van der Waals surface area contributed by atoms with Gasteiger partial charge in [-0.3, -0.25) is 0 Å². The first-order valence-corrected chi connectivity index (χ1v) is 16.4. The molecule has 6 rings (SSSR count). The average molecular weight is 587 g/mol. The van der Waals surface area contributed by atoms with Crippen molar-refractivity contribution in [3.05, 3.63) is 57.6 Å². The van der Waals surface area contributed by atoms with Crippen LogP contribution in [0.15, 0.2) is 34.3 Å². The molecule has 0 aromatic heterocycles. The van der Waals surface area contributed by atoms with Crippen LogP contribution in [-0.4, -0.2) is 42.9 Å². The highest BCUT2D eigenvalue weighted by atomic mass is 16.7. The highest BCUT2D eigenvalue weighted by Crippen LogP contribution is 2.55. The predicted octanol–water partition coefficient (Wildman–Crippen LogP) is 8.20. The van der Waals surface area contributed by atoms with Crippen molar-refractivity contribution in [3.8, 4) is 11.5 Å². The molecule has 0 aliphatic carbocycles. The van der Waals surface area contributed by atoms with E-state index in [1.165, 1.54) is 22.3 Å². The topological polar surface area (TPSA) is 61.6 Å². The lowest BCUT2D eigenvalue weighted by atomic mass is 9.68. The van der Waals surface area contributed by atoms with Gasteiger partial charge in [0.15, 0.2) is 0 Å². The second-order valence-corrected chi connectivity index (χ2v) is 15.0. The fourth-order valence-corrected chi connectivity index (χ4v) is 7.43. The molecule has 1 spiro atoms. The van der Waals surface area contributed by atoms with Gasteiger partial charge in [-0.15, -0.1) is 0 Å². The van der Waals surface area contributed by atoms with Crippen LogP contribution in [0.25, 0.3) is 0 Å². The number of aryl methyl sites for hydroxylation is 2. The van der Waals surface area contributed by atoms with Gasteiger partial charge in [0.05, 0.1) is 23.2 Å². The van der Waals surface area contributed by atoms with E-state index in [0.29, 0.717) is 36.8 Å². The number of hydrogen-bond donors (Lipinski definition) is 0. The molecule has 4 heterocycles. The number of benzene rings is 2. The molecule has 2 unspecified atom stereocenters. The number of aliphatic imine (C=N–C) groups is 2. The van der Waals surface area contributed by atoms with Crippen molar-refractivity contribution < 1.29 is 18.9 Å². The van der Waals surface area contributed by atoms with Crippen molar-refractivity contribution in [2.24, 2.45) is 21.8 Å². The summed E-state index contributed by atoms with van der Waals surface area (Å²) in [5, 5.41) is 0. The minimum absolute atomic E-state index is 0.163. The number of ether oxygens (including phenoxy) is 4. The van der Waals surface area contributed by atoms with Gasteiger partial charge in [0, 0.05) is 34.8 Å². The Balaban J connectivity index is 1.46. The molecule has 0 radical (unpaired) electrons. The summed E-state index contributed by atoms with van der Waals surface area (Å²) in [6.07, 6.45) is 3.58. The summed E-state index contributed by atoms with van der Waals surface area (Å²) in [5.41, 5.74) is 6.19. The van der Waals surface area contributed by atoms with Crippen LogP contribution in [0.4, 0.5) is 0 Å². The highest BCUT2D eigenvalue weighted by Gasteiger charge is 2.55. The van der Waals surface area contributed by atoms with Crippen molar-refractivity contribution in [3.63, 3.8) is 0 Å². The molecule has 0 amide bonds. The third kappa shape index (κ3) is 5.23. The first kappa shape index (κ1) is 30.0. The summed E-state index contributed by atoms with van der Waals surface area (Å²) in [5.74, 6) is 3.11. The van der Waals surface area contributed by atoms with Gasteiger partial charge in [-0.1, -0.05) is 80.4 Å². The van der Waals surface area contributed by atoms with Crippen LogP contribution in [0.5, 0.6) is 11.5 Å². The summed E-state index contributed by atoms with van der Waals surface area (Å²) in [4.78, 5) is 10.1. The van der Waals surface area contributed by atoms with E-state index >= 15 is 0 Å². The zero-order chi connectivity index (χ0) is 30.9. The van der Waals surface area contributed by atoms with Gasteiger partial charge < -0.3 is 18.9 Å². The summed E-state index contributed by atoms with van der Waals surface area (Å²) in [6, 6.07) is 9.18. The third-order valence-electron chi connectivity index (χ3n) is 10.3. The van der Waals surface area contributed by atoms with Crippen molar-refractivity contribution in [1.29, 1.82) is 0 Å². The second kappa shape index (κ2) is 10.6. The number of nitrogens with zero attached hydrogens (tertiary/aromatic N) is 2. The van der Waals surface area contributed by atoms with Crippen LogP contribution in [0, 0.1) is 25.7 Å². The van der Waals surface area contributed by atoms with Crippen molar-refractivity contribution in [1.82, 2.24) is 0 Å². The van der Waals surface area contributed by atoms with Crippen molar-refractivity contribution >= 4 is 11.8 Å². The van der Waals surface area contributed by atoms with E-state index in [0.717, 1.165) is 48.3 Å². The zero-order valence-electron chi connectivity index (χ0n) is 27.9. The molecule has 43 heavy (non-hydrogen) atoms. The smallest absolute Gasteiger partial charge is 0.253 e. The first-order chi connectivity index (χ1) is 20.3. The molecule has 4 aliphatic rings. The molecule has 2 aromatic carbocycles. The van der Waals surface area contributed by atoms with E-state index in [4.69, 9.17) is 28.9 Å². The Morgan fingerprint density at radius 1 is 0.698 bits per heavy atom. The van der Waals surface area contributed by atoms with Gasteiger partial charge in [0.1, 0.15) is 24.7 Å². The van der Waals surface area contributed by atoms with Gasteiger partial charge in [-0.05, 0) is 48.9 Å². The summed E-state index contributed by atoms with van der Waals surface area (Å²) in [6.45, 7) is 23.7. The van der Waals surface area contributed by atoms with Crippen LogP contribution in [0.3, 0.4) is 0 Å². The summed E-state index contributed by atoms with van der Waals surface area (Å²) >= 11 is 0. The van der Waals surface area contributed by atoms with Crippen LogP contribution in [-0.2, 0) is 20.3 Å².